The van der Waals surface area contributed by atoms with Crippen molar-refractivity contribution in [3.8, 4) is 5.75 Å². The van der Waals surface area contributed by atoms with Crippen molar-refractivity contribution in [1.82, 2.24) is 9.62 Å². The van der Waals surface area contributed by atoms with Crippen LogP contribution in [0, 0.1) is 12.8 Å². The van der Waals surface area contributed by atoms with Gasteiger partial charge in [-0.3, -0.25) is 4.79 Å². The number of nitrogens with zero attached hydrogens (tertiary/aromatic N) is 1. The topological polar surface area (TPSA) is 75.7 Å². The van der Waals surface area contributed by atoms with Gasteiger partial charge in [0.15, 0.2) is 0 Å². The number of nitrogens with one attached hydrogen (secondary N) is 1. The van der Waals surface area contributed by atoms with E-state index in [9.17, 15) is 13.2 Å². The molecule has 0 bridgehead atoms. The second-order valence-corrected chi connectivity index (χ2v) is 9.06. The molecule has 0 radical (unpaired) electrons. The summed E-state index contributed by atoms with van der Waals surface area (Å²) in [4.78, 5) is 14.6. The van der Waals surface area contributed by atoms with Crippen LogP contribution in [0.5, 0.6) is 5.75 Å². The van der Waals surface area contributed by atoms with Gasteiger partial charge in [0.2, 0.25) is 15.9 Å². The quantitative estimate of drug-likeness (QED) is 0.851. The van der Waals surface area contributed by atoms with Gasteiger partial charge in [0.05, 0.1) is 7.11 Å². The third kappa shape index (κ3) is 4.20. The highest BCUT2D eigenvalue weighted by Crippen LogP contribution is 2.28. The molecule has 2 aliphatic rings. The molecule has 1 aliphatic carbocycles. The zero-order chi connectivity index (χ0) is 18.7. The van der Waals surface area contributed by atoms with Crippen molar-refractivity contribution in [3.63, 3.8) is 0 Å². The van der Waals surface area contributed by atoms with Gasteiger partial charge in [-0.2, -0.15) is 0 Å². The number of methoxy groups -OCH3 is 1. The Morgan fingerprint density at radius 3 is 2.62 bits per heavy atom. The summed E-state index contributed by atoms with van der Waals surface area (Å²) in [5.74, 6) is 0.645. The number of aryl methyl sites for hydroxylation is 1. The molecule has 1 aromatic rings. The lowest BCUT2D eigenvalue weighted by Crippen LogP contribution is -2.40. The molecule has 0 spiro atoms. The lowest BCUT2D eigenvalue weighted by atomic mass is 9.88. The number of carbonyl (C=O) groups excluding carboxylic acids is 1. The monoisotopic (exact) mass is 380 g/mol. The highest BCUT2D eigenvalue weighted by Gasteiger charge is 2.34. The van der Waals surface area contributed by atoms with Crippen LogP contribution in [0.3, 0.4) is 0 Å². The van der Waals surface area contributed by atoms with Crippen molar-refractivity contribution in [2.45, 2.75) is 56.4 Å². The highest BCUT2D eigenvalue weighted by atomic mass is 32.2. The number of carbonyl (C=O) groups is 1. The fraction of sp³-hybridized carbons (Fsp3) is 0.632. The summed E-state index contributed by atoms with van der Waals surface area (Å²) in [5.41, 5.74) is 0.853. The Labute approximate surface area is 156 Å². The van der Waals surface area contributed by atoms with Gasteiger partial charge in [-0.1, -0.05) is 25.3 Å². The smallest absolute Gasteiger partial charge is 0.244 e. The third-order valence-corrected chi connectivity index (χ3v) is 6.93. The maximum absolute atomic E-state index is 12.8. The number of hydrogen-bond donors (Lipinski definition) is 1. The Kier molecular flexibility index (Phi) is 5.87. The van der Waals surface area contributed by atoms with Gasteiger partial charge in [-0.15, -0.1) is 0 Å². The summed E-state index contributed by atoms with van der Waals surface area (Å²) < 4.78 is 33.6. The zero-order valence-corrected chi connectivity index (χ0v) is 16.3. The first-order chi connectivity index (χ1) is 12.4. The van der Waals surface area contributed by atoms with Crippen LogP contribution in [-0.2, 0) is 14.8 Å². The summed E-state index contributed by atoms with van der Waals surface area (Å²) in [6.07, 6.45) is 6.02. The molecule has 26 heavy (non-hydrogen) atoms. The third-order valence-electron chi connectivity index (χ3n) is 5.38. The Bertz CT molecular complexity index is 757. The molecule has 1 aromatic carbocycles. The van der Waals surface area contributed by atoms with Crippen LogP contribution in [0.25, 0.3) is 0 Å². The van der Waals surface area contributed by atoms with Gasteiger partial charge < -0.3 is 9.64 Å². The highest BCUT2D eigenvalue weighted by molar-refractivity contribution is 7.89. The second-order valence-electron chi connectivity index (χ2n) is 7.38. The zero-order valence-electron chi connectivity index (χ0n) is 15.5. The molecule has 7 heteroatoms. The molecule has 1 aliphatic heterocycles. The summed E-state index contributed by atoms with van der Waals surface area (Å²) in [6.45, 7) is 2.91. The van der Waals surface area contributed by atoms with Crippen molar-refractivity contribution in [3.05, 3.63) is 23.8 Å². The van der Waals surface area contributed by atoms with Crippen molar-refractivity contribution < 1.29 is 17.9 Å². The fourth-order valence-corrected chi connectivity index (χ4v) is 5.46. The van der Waals surface area contributed by atoms with Crippen molar-refractivity contribution in [1.29, 1.82) is 0 Å². The minimum absolute atomic E-state index is 0.121. The van der Waals surface area contributed by atoms with Gasteiger partial charge in [0.25, 0.3) is 0 Å². The number of amides is 1. The van der Waals surface area contributed by atoms with Crippen molar-refractivity contribution >= 4 is 15.9 Å². The van der Waals surface area contributed by atoms with Gasteiger partial charge >= 0.3 is 0 Å². The number of likely N-dealkylation sites (tertiary alicyclic amines) is 1. The molecule has 1 saturated carbocycles. The standard InChI is InChI=1S/C19H28N2O4S/c1-14-8-9-17(25-2)18(12-14)26(23,24)20-16-10-11-21(13-16)19(22)15-6-4-3-5-7-15/h8-9,12,15-16,20H,3-7,10-11,13H2,1-2H3. The molecule has 144 valence electrons. The number of rotatable bonds is 5. The van der Waals surface area contributed by atoms with E-state index in [0.29, 0.717) is 25.3 Å². The van der Waals surface area contributed by atoms with Crippen LogP contribution in [-0.4, -0.2) is 45.5 Å². The van der Waals surface area contributed by atoms with E-state index < -0.39 is 10.0 Å². The van der Waals surface area contributed by atoms with E-state index in [1.54, 1.807) is 12.1 Å². The Balaban J connectivity index is 1.66. The van der Waals surface area contributed by atoms with Gasteiger partial charge in [0.1, 0.15) is 10.6 Å². The largest absolute Gasteiger partial charge is 0.495 e. The summed E-state index contributed by atoms with van der Waals surface area (Å²) in [5, 5.41) is 0. The van der Waals surface area contributed by atoms with E-state index in [4.69, 9.17) is 4.74 Å². The normalized spacial score (nSPS) is 21.8. The first-order valence-corrected chi connectivity index (χ1v) is 10.8. The fourth-order valence-electron chi connectivity index (χ4n) is 3.94. The van der Waals surface area contributed by atoms with Gasteiger partial charge in [-0.25, -0.2) is 13.1 Å². The maximum Gasteiger partial charge on any atom is 0.244 e. The van der Waals surface area contributed by atoms with Gasteiger partial charge in [-0.05, 0) is 43.9 Å². The Morgan fingerprint density at radius 1 is 1.19 bits per heavy atom. The number of hydrogen-bond acceptors (Lipinski definition) is 4. The van der Waals surface area contributed by atoms with Gasteiger partial charge in [0, 0.05) is 25.0 Å². The molecule has 1 amide bonds. The van der Waals surface area contributed by atoms with E-state index in [1.165, 1.54) is 13.5 Å². The second kappa shape index (κ2) is 7.96. The predicted molar refractivity (Wildman–Crippen MR) is 99.6 cm³/mol. The van der Waals surface area contributed by atoms with Crippen molar-refractivity contribution in [2.24, 2.45) is 5.92 Å². The average Bonchev–Trinajstić information content (AvgIpc) is 3.09. The van der Waals surface area contributed by atoms with Crippen molar-refractivity contribution in [2.75, 3.05) is 20.2 Å². The van der Waals surface area contributed by atoms with Crippen LogP contribution < -0.4 is 9.46 Å². The maximum atomic E-state index is 12.8. The first kappa shape index (κ1) is 19.2. The molecule has 6 nitrogen and oxygen atoms in total. The molecule has 2 fully saturated rings. The minimum Gasteiger partial charge on any atom is -0.495 e. The van der Waals surface area contributed by atoms with Crippen LogP contribution in [0.4, 0.5) is 0 Å². The van der Waals surface area contributed by atoms with E-state index in [1.807, 2.05) is 17.9 Å². The number of sulfonamides is 1. The lowest BCUT2D eigenvalue weighted by molar-refractivity contribution is -0.135. The molecular weight excluding hydrogens is 352 g/mol. The average molecular weight is 381 g/mol. The molecule has 1 heterocycles. The van der Waals surface area contributed by atoms with E-state index >= 15 is 0 Å². The molecule has 1 unspecified atom stereocenters. The number of ether oxygens (including phenoxy) is 1. The Hall–Kier alpha value is -1.60. The predicted octanol–water partition coefficient (Wildman–Crippen LogP) is 2.46. The first-order valence-electron chi connectivity index (χ1n) is 9.36. The number of benzene rings is 1. The summed E-state index contributed by atoms with van der Waals surface area (Å²) in [6, 6.07) is 4.84. The van der Waals surface area contributed by atoms with E-state index in [2.05, 4.69) is 4.72 Å². The Morgan fingerprint density at radius 2 is 1.92 bits per heavy atom. The lowest BCUT2D eigenvalue weighted by Gasteiger charge is -2.26. The van der Waals surface area contributed by atoms with E-state index in [-0.39, 0.29) is 22.8 Å². The summed E-state index contributed by atoms with van der Waals surface area (Å²) >= 11 is 0. The van der Waals surface area contributed by atoms with Crippen LogP contribution in [0.2, 0.25) is 0 Å². The van der Waals surface area contributed by atoms with Crippen LogP contribution >= 0.6 is 0 Å². The molecule has 3 rings (SSSR count). The summed E-state index contributed by atoms with van der Waals surface area (Å²) in [7, 11) is -2.23. The van der Waals surface area contributed by atoms with Crippen LogP contribution in [0.1, 0.15) is 44.1 Å². The molecule has 0 aromatic heterocycles. The molecule has 1 atom stereocenters. The van der Waals surface area contributed by atoms with E-state index in [0.717, 1.165) is 31.2 Å². The van der Waals surface area contributed by atoms with Crippen LogP contribution in [0.15, 0.2) is 23.1 Å². The minimum atomic E-state index is -3.70. The molecule has 1 N–H and O–H groups in total. The molecule has 1 saturated heterocycles. The molecular formula is C19H28N2O4S. The SMILES string of the molecule is COc1ccc(C)cc1S(=O)(=O)NC1CCN(C(=O)C2CCCCC2)C1.